The minimum atomic E-state index is -0.860. The van der Waals surface area contributed by atoms with Crippen molar-refractivity contribution in [1.82, 2.24) is 10.7 Å². The number of carbonyl (C=O) groups excluding carboxylic acids is 3. The summed E-state index contributed by atoms with van der Waals surface area (Å²) in [6.45, 7) is 0.395. The molecule has 2 amide bonds. The molecule has 1 aliphatic rings. The fourth-order valence-corrected chi connectivity index (χ4v) is 4.10. The summed E-state index contributed by atoms with van der Waals surface area (Å²) in [4.78, 5) is 37.1. The van der Waals surface area contributed by atoms with Gasteiger partial charge < -0.3 is 10.1 Å². The van der Waals surface area contributed by atoms with Gasteiger partial charge in [-0.2, -0.15) is 5.10 Å². The highest BCUT2D eigenvalue weighted by atomic mass is 35.5. The number of hydrogen-bond donors (Lipinski definition) is 2. The van der Waals surface area contributed by atoms with Crippen LogP contribution in [0.1, 0.15) is 27.4 Å². The summed E-state index contributed by atoms with van der Waals surface area (Å²) in [7, 11) is 0. The van der Waals surface area contributed by atoms with Gasteiger partial charge in [-0.25, -0.2) is 10.2 Å². The molecule has 172 valence electrons. The van der Waals surface area contributed by atoms with Gasteiger partial charge in [-0.3, -0.25) is 9.59 Å². The highest BCUT2D eigenvalue weighted by Gasteiger charge is 2.40. The van der Waals surface area contributed by atoms with Gasteiger partial charge in [0.15, 0.2) is 0 Å². The van der Waals surface area contributed by atoms with Crippen molar-refractivity contribution >= 4 is 47.2 Å². The quantitative estimate of drug-likeness (QED) is 0.176. The van der Waals surface area contributed by atoms with E-state index >= 15 is 0 Å². The van der Waals surface area contributed by atoms with Gasteiger partial charge in [-0.15, -0.1) is 0 Å². The van der Waals surface area contributed by atoms with Gasteiger partial charge in [0.1, 0.15) is 11.7 Å². The van der Waals surface area contributed by atoms with Crippen LogP contribution in [0.25, 0.3) is 0 Å². The van der Waals surface area contributed by atoms with Crippen molar-refractivity contribution in [2.45, 2.75) is 5.92 Å². The van der Waals surface area contributed by atoms with Gasteiger partial charge in [0.25, 0.3) is 5.91 Å². The van der Waals surface area contributed by atoms with Crippen LogP contribution in [-0.2, 0) is 9.59 Å². The van der Waals surface area contributed by atoms with Crippen molar-refractivity contribution in [3.8, 4) is 5.75 Å². The maximum atomic E-state index is 12.6. The van der Waals surface area contributed by atoms with Gasteiger partial charge in [-0.05, 0) is 53.6 Å². The fourth-order valence-electron chi connectivity index (χ4n) is 3.61. The van der Waals surface area contributed by atoms with Crippen LogP contribution in [0.15, 0.2) is 77.9 Å². The third-order valence-electron chi connectivity index (χ3n) is 5.32. The number of halogens is 2. The number of hydrogen-bond acceptors (Lipinski definition) is 5. The van der Waals surface area contributed by atoms with Crippen LogP contribution in [0.5, 0.6) is 5.75 Å². The average molecular weight is 496 g/mol. The third kappa shape index (κ3) is 5.44. The van der Waals surface area contributed by atoms with Crippen molar-refractivity contribution in [3.05, 3.63) is 99.5 Å². The van der Waals surface area contributed by atoms with E-state index in [1.54, 1.807) is 30.3 Å². The minimum Gasteiger partial charge on any atom is -0.423 e. The molecule has 9 heteroatoms. The number of amides is 2. The molecule has 34 heavy (non-hydrogen) atoms. The molecule has 0 saturated carbocycles. The summed E-state index contributed by atoms with van der Waals surface area (Å²) in [5, 5.41) is 7.32. The lowest BCUT2D eigenvalue weighted by molar-refractivity contribution is -0.133. The highest BCUT2D eigenvalue weighted by Crippen LogP contribution is 2.29. The molecular weight excluding hydrogens is 477 g/mol. The number of carbonyl (C=O) groups is 3. The van der Waals surface area contributed by atoms with E-state index < -0.39 is 17.8 Å². The molecule has 0 aliphatic carbocycles. The molecule has 0 spiro atoms. The molecule has 1 heterocycles. The average Bonchev–Trinajstić information content (AvgIpc) is 3.22. The minimum absolute atomic E-state index is 0.197. The van der Waals surface area contributed by atoms with Crippen LogP contribution >= 0.6 is 23.2 Å². The van der Waals surface area contributed by atoms with Crippen molar-refractivity contribution in [1.29, 1.82) is 0 Å². The van der Waals surface area contributed by atoms with Gasteiger partial charge in [-0.1, -0.05) is 53.5 Å². The molecular formula is C25H19Cl2N3O4. The second-order valence-electron chi connectivity index (χ2n) is 7.56. The van der Waals surface area contributed by atoms with E-state index in [1.165, 1.54) is 18.3 Å². The van der Waals surface area contributed by atoms with Crippen LogP contribution in [0.2, 0.25) is 10.0 Å². The lowest BCUT2D eigenvalue weighted by atomic mass is 9.88. The molecule has 1 fully saturated rings. The first-order valence-electron chi connectivity index (χ1n) is 10.4. The number of ether oxygens (including phenoxy) is 1. The number of benzene rings is 3. The standard InChI is InChI=1S/C25H19Cl2N3O4/c26-17-8-11-19(21(27)12-17)25(33)34-18-9-6-15(7-10-18)13-29-30-24(32)22-20(14-28-23(22)31)16-4-2-1-3-5-16/h1-13,20,22H,14H2,(H,28,31)(H,30,32)/b29-13-. The summed E-state index contributed by atoms with van der Waals surface area (Å²) in [6, 6.07) is 20.4. The van der Waals surface area contributed by atoms with Crippen molar-refractivity contribution < 1.29 is 19.1 Å². The second-order valence-corrected chi connectivity index (χ2v) is 8.40. The van der Waals surface area contributed by atoms with E-state index in [9.17, 15) is 14.4 Å². The van der Waals surface area contributed by atoms with Gasteiger partial charge >= 0.3 is 5.97 Å². The van der Waals surface area contributed by atoms with Crippen LogP contribution in [0.4, 0.5) is 0 Å². The van der Waals surface area contributed by atoms with E-state index in [2.05, 4.69) is 15.8 Å². The van der Waals surface area contributed by atoms with Gasteiger partial charge in [0.05, 0.1) is 16.8 Å². The van der Waals surface area contributed by atoms with E-state index in [4.69, 9.17) is 27.9 Å². The Kier molecular flexibility index (Phi) is 7.25. The Morgan fingerprint density at radius 2 is 1.76 bits per heavy atom. The van der Waals surface area contributed by atoms with Crippen LogP contribution in [-0.4, -0.2) is 30.5 Å². The molecule has 0 bridgehead atoms. The van der Waals surface area contributed by atoms with Gasteiger partial charge in [0.2, 0.25) is 5.91 Å². The summed E-state index contributed by atoms with van der Waals surface area (Å²) in [6.07, 6.45) is 1.43. The molecule has 0 radical (unpaired) electrons. The largest absolute Gasteiger partial charge is 0.423 e. The molecule has 7 nitrogen and oxygen atoms in total. The SMILES string of the molecule is O=C(Oc1ccc(/C=N\NC(=O)C2C(=O)NCC2c2ccccc2)cc1)c1ccc(Cl)cc1Cl. The maximum Gasteiger partial charge on any atom is 0.345 e. The summed E-state index contributed by atoms with van der Waals surface area (Å²) in [5.41, 5.74) is 4.20. The fraction of sp³-hybridized carbons (Fsp3) is 0.120. The van der Waals surface area contributed by atoms with E-state index in [0.29, 0.717) is 22.9 Å². The van der Waals surface area contributed by atoms with Crippen LogP contribution in [0.3, 0.4) is 0 Å². The smallest absolute Gasteiger partial charge is 0.345 e. The van der Waals surface area contributed by atoms with Gasteiger partial charge in [0, 0.05) is 17.5 Å². The molecule has 1 saturated heterocycles. The number of nitrogens with zero attached hydrogens (tertiary/aromatic N) is 1. The molecule has 2 unspecified atom stereocenters. The normalized spacial score (nSPS) is 17.4. The highest BCUT2D eigenvalue weighted by molar-refractivity contribution is 6.36. The van der Waals surface area contributed by atoms with E-state index in [0.717, 1.165) is 5.56 Å². The first-order valence-corrected chi connectivity index (χ1v) is 11.1. The Hall–Kier alpha value is -3.68. The molecule has 1 aliphatic heterocycles. The van der Waals surface area contributed by atoms with Crippen LogP contribution in [0, 0.1) is 5.92 Å². The lowest BCUT2D eigenvalue weighted by Gasteiger charge is -2.15. The zero-order valence-electron chi connectivity index (χ0n) is 17.7. The Morgan fingerprint density at radius 1 is 1.03 bits per heavy atom. The number of rotatable bonds is 6. The van der Waals surface area contributed by atoms with Crippen molar-refractivity contribution in [3.63, 3.8) is 0 Å². The third-order valence-corrected chi connectivity index (χ3v) is 5.87. The molecule has 2 atom stereocenters. The summed E-state index contributed by atoms with van der Waals surface area (Å²) < 4.78 is 5.33. The number of hydrazone groups is 1. The first-order chi connectivity index (χ1) is 16.4. The molecule has 2 N–H and O–H groups in total. The molecule has 3 aromatic carbocycles. The summed E-state index contributed by atoms with van der Waals surface area (Å²) in [5.74, 6) is -2.23. The van der Waals surface area contributed by atoms with Crippen molar-refractivity contribution in [2.75, 3.05) is 6.54 Å². The molecule has 0 aromatic heterocycles. The van der Waals surface area contributed by atoms with E-state index in [1.807, 2.05) is 30.3 Å². The number of nitrogens with one attached hydrogen (secondary N) is 2. The Balaban J connectivity index is 1.35. The van der Waals surface area contributed by atoms with Crippen LogP contribution < -0.4 is 15.5 Å². The summed E-state index contributed by atoms with van der Waals surface area (Å²) >= 11 is 11.9. The topological polar surface area (TPSA) is 96.9 Å². The second kappa shape index (κ2) is 10.5. The Labute approximate surface area is 205 Å². The predicted molar refractivity (Wildman–Crippen MR) is 129 cm³/mol. The number of esters is 1. The predicted octanol–water partition coefficient (Wildman–Crippen LogP) is 4.19. The monoisotopic (exact) mass is 495 g/mol. The van der Waals surface area contributed by atoms with E-state index in [-0.39, 0.29) is 22.4 Å². The van der Waals surface area contributed by atoms with Crippen molar-refractivity contribution in [2.24, 2.45) is 11.0 Å². The first kappa shape index (κ1) is 23.5. The molecule has 3 aromatic rings. The Morgan fingerprint density at radius 3 is 2.47 bits per heavy atom. The molecule has 4 rings (SSSR count). The maximum absolute atomic E-state index is 12.6. The zero-order chi connectivity index (χ0) is 24.1. The Bertz CT molecular complexity index is 1250. The lowest BCUT2D eigenvalue weighted by Crippen LogP contribution is -2.34. The zero-order valence-corrected chi connectivity index (χ0v) is 19.2.